The maximum absolute atomic E-state index is 4.25. The molecule has 1 aliphatic rings. The molecule has 56 valence electrons. The normalized spacial score (nSPS) is 16.2. The third kappa shape index (κ3) is 1.04. The molecule has 1 aromatic heterocycles. The van der Waals surface area contributed by atoms with E-state index in [0.29, 0.717) is 0 Å². The Balaban J connectivity index is 2.52. The summed E-state index contributed by atoms with van der Waals surface area (Å²) >= 11 is 0. The van der Waals surface area contributed by atoms with Crippen molar-refractivity contribution in [2.45, 2.75) is 19.3 Å². The van der Waals surface area contributed by atoms with Crippen LogP contribution in [0, 0.1) is 0 Å². The highest BCUT2D eigenvalue weighted by Gasteiger charge is 2.13. The fourth-order valence-corrected chi connectivity index (χ4v) is 1.43. The molecule has 1 aromatic rings. The molecule has 0 aliphatic heterocycles. The van der Waals surface area contributed by atoms with Crippen LogP contribution in [0.3, 0.4) is 0 Å². The lowest BCUT2D eigenvalue weighted by Crippen LogP contribution is -2.05. The second kappa shape index (κ2) is 2.46. The molecule has 0 spiro atoms. The number of allylic oxidation sites excluding steroid dienone is 1. The Hall–Kier alpha value is -1.18. The summed E-state index contributed by atoms with van der Waals surface area (Å²) in [5.41, 5.74) is 3.28. The van der Waals surface area contributed by atoms with Gasteiger partial charge in [-0.2, -0.15) is 0 Å². The van der Waals surface area contributed by atoms with Gasteiger partial charge in [-0.1, -0.05) is 6.58 Å². The molecule has 2 heteroatoms. The Morgan fingerprint density at radius 2 is 2.00 bits per heavy atom. The van der Waals surface area contributed by atoms with Gasteiger partial charge in [-0.15, -0.1) is 0 Å². The average molecular weight is 146 g/mol. The first-order chi connectivity index (χ1) is 5.38. The fraction of sp³-hybridized carbons (Fsp3) is 0.333. The van der Waals surface area contributed by atoms with Crippen molar-refractivity contribution in [3.8, 4) is 0 Å². The van der Waals surface area contributed by atoms with E-state index in [2.05, 4.69) is 16.5 Å². The number of fused-ring (bicyclic) bond motifs is 1. The number of aromatic nitrogens is 2. The highest BCUT2D eigenvalue weighted by atomic mass is 14.8. The van der Waals surface area contributed by atoms with Crippen LogP contribution in [0.5, 0.6) is 0 Å². The first-order valence-electron chi connectivity index (χ1n) is 3.86. The molecule has 0 N–H and O–H groups in total. The molecule has 1 heterocycles. The van der Waals surface area contributed by atoms with E-state index < -0.39 is 0 Å². The van der Waals surface area contributed by atoms with Crippen molar-refractivity contribution in [2.24, 2.45) is 0 Å². The van der Waals surface area contributed by atoms with E-state index in [1.165, 1.54) is 6.42 Å². The number of hydrogen-bond acceptors (Lipinski definition) is 2. The summed E-state index contributed by atoms with van der Waals surface area (Å²) in [6, 6.07) is 0. The third-order valence-corrected chi connectivity index (χ3v) is 2.00. The molecule has 0 saturated heterocycles. The first-order valence-corrected chi connectivity index (χ1v) is 3.86. The van der Waals surface area contributed by atoms with Crippen LogP contribution in [-0.4, -0.2) is 9.97 Å². The number of aryl methyl sites for hydroxylation is 1. The molecule has 0 aromatic carbocycles. The van der Waals surface area contributed by atoms with Crippen molar-refractivity contribution in [3.05, 3.63) is 30.4 Å². The van der Waals surface area contributed by atoms with Crippen molar-refractivity contribution < 1.29 is 0 Å². The maximum Gasteiger partial charge on any atom is 0.0871 e. The van der Waals surface area contributed by atoms with E-state index >= 15 is 0 Å². The minimum Gasteiger partial charge on any atom is -0.257 e. The minimum atomic E-state index is 1.03. The summed E-state index contributed by atoms with van der Waals surface area (Å²) in [4.78, 5) is 8.48. The lowest BCUT2D eigenvalue weighted by Gasteiger charge is -2.14. The summed E-state index contributed by atoms with van der Waals surface area (Å²) in [5, 5.41) is 0. The number of nitrogens with zero attached hydrogens (tertiary/aromatic N) is 2. The van der Waals surface area contributed by atoms with Crippen molar-refractivity contribution in [1.82, 2.24) is 9.97 Å². The molecule has 2 rings (SSSR count). The summed E-state index contributed by atoms with van der Waals surface area (Å²) in [5.74, 6) is 0. The van der Waals surface area contributed by atoms with Crippen molar-refractivity contribution in [1.29, 1.82) is 0 Å². The molecular formula is C9H10N2. The van der Waals surface area contributed by atoms with Crippen LogP contribution in [0.25, 0.3) is 5.57 Å². The van der Waals surface area contributed by atoms with E-state index in [0.717, 1.165) is 29.8 Å². The Kier molecular flexibility index (Phi) is 1.46. The summed E-state index contributed by atoms with van der Waals surface area (Å²) in [7, 11) is 0. The SMILES string of the molecule is C=C1CCCc2nccnc21. The Morgan fingerprint density at radius 1 is 1.18 bits per heavy atom. The predicted molar refractivity (Wildman–Crippen MR) is 44.0 cm³/mol. The quantitative estimate of drug-likeness (QED) is 0.558. The topological polar surface area (TPSA) is 25.8 Å². The van der Waals surface area contributed by atoms with Crippen LogP contribution >= 0.6 is 0 Å². The van der Waals surface area contributed by atoms with Gasteiger partial charge in [0, 0.05) is 12.4 Å². The monoisotopic (exact) mass is 146 g/mol. The molecule has 2 nitrogen and oxygen atoms in total. The number of hydrogen-bond donors (Lipinski definition) is 0. The van der Waals surface area contributed by atoms with Crippen LogP contribution in [0.15, 0.2) is 19.0 Å². The van der Waals surface area contributed by atoms with Gasteiger partial charge in [-0.05, 0) is 24.8 Å². The van der Waals surface area contributed by atoms with E-state index in [1.54, 1.807) is 12.4 Å². The van der Waals surface area contributed by atoms with Crippen LogP contribution < -0.4 is 0 Å². The van der Waals surface area contributed by atoms with Crippen LogP contribution in [0.2, 0.25) is 0 Å². The third-order valence-electron chi connectivity index (χ3n) is 2.00. The van der Waals surface area contributed by atoms with Gasteiger partial charge in [0.15, 0.2) is 0 Å². The molecule has 0 bridgehead atoms. The Morgan fingerprint density at radius 3 is 2.82 bits per heavy atom. The van der Waals surface area contributed by atoms with Gasteiger partial charge >= 0.3 is 0 Å². The van der Waals surface area contributed by atoms with Gasteiger partial charge in [0.1, 0.15) is 0 Å². The molecule has 0 saturated carbocycles. The minimum absolute atomic E-state index is 1.03. The zero-order valence-electron chi connectivity index (χ0n) is 6.38. The molecule has 0 unspecified atom stereocenters. The fourth-order valence-electron chi connectivity index (χ4n) is 1.43. The van der Waals surface area contributed by atoms with Gasteiger partial charge in [-0.3, -0.25) is 9.97 Å². The van der Waals surface area contributed by atoms with Crippen LogP contribution in [0.1, 0.15) is 24.2 Å². The van der Waals surface area contributed by atoms with E-state index in [9.17, 15) is 0 Å². The zero-order valence-corrected chi connectivity index (χ0v) is 6.38. The average Bonchev–Trinajstić information content (AvgIpc) is 2.06. The second-order valence-electron chi connectivity index (χ2n) is 2.81. The maximum atomic E-state index is 4.25. The number of rotatable bonds is 0. The standard InChI is InChI=1S/C9H10N2/c1-7-3-2-4-8-9(7)11-6-5-10-8/h5-6H,1-4H2. The molecule has 11 heavy (non-hydrogen) atoms. The van der Waals surface area contributed by atoms with Crippen molar-refractivity contribution in [2.75, 3.05) is 0 Å². The lowest BCUT2D eigenvalue weighted by molar-refractivity contribution is 0.779. The molecule has 1 aliphatic carbocycles. The second-order valence-corrected chi connectivity index (χ2v) is 2.81. The van der Waals surface area contributed by atoms with Crippen molar-refractivity contribution in [3.63, 3.8) is 0 Å². The molecule has 0 amide bonds. The van der Waals surface area contributed by atoms with E-state index in [4.69, 9.17) is 0 Å². The van der Waals surface area contributed by atoms with E-state index in [-0.39, 0.29) is 0 Å². The summed E-state index contributed by atoms with van der Waals surface area (Å²) in [6.07, 6.45) is 6.78. The van der Waals surface area contributed by atoms with Gasteiger partial charge in [0.25, 0.3) is 0 Å². The largest absolute Gasteiger partial charge is 0.257 e. The van der Waals surface area contributed by atoms with Crippen molar-refractivity contribution >= 4 is 5.57 Å². The van der Waals surface area contributed by atoms with Crippen LogP contribution in [-0.2, 0) is 6.42 Å². The van der Waals surface area contributed by atoms with Gasteiger partial charge in [-0.25, -0.2) is 0 Å². The summed E-state index contributed by atoms with van der Waals surface area (Å²) in [6.45, 7) is 3.95. The van der Waals surface area contributed by atoms with E-state index in [1.807, 2.05) is 0 Å². The lowest BCUT2D eigenvalue weighted by atomic mass is 9.96. The molecule has 0 fully saturated rings. The van der Waals surface area contributed by atoms with Crippen LogP contribution in [0.4, 0.5) is 0 Å². The van der Waals surface area contributed by atoms with Gasteiger partial charge in [0.05, 0.1) is 11.4 Å². The van der Waals surface area contributed by atoms with Gasteiger partial charge in [0.2, 0.25) is 0 Å². The highest BCUT2D eigenvalue weighted by molar-refractivity contribution is 5.63. The zero-order chi connectivity index (χ0) is 7.68. The summed E-state index contributed by atoms with van der Waals surface area (Å²) < 4.78 is 0. The Labute approximate surface area is 66.0 Å². The molecular weight excluding hydrogens is 136 g/mol. The highest BCUT2D eigenvalue weighted by Crippen LogP contribution is 2.25. The predicted octanol–water partition coefficient (Wildman–Crippen LogP) is 1.83. The smallest absolute Gasteiger partial charge is 0.0871 e. The molecule has 0 atom stereocenters. The molecule has 0 radical (unpaired) electrons. The first kappa shape index (κ1) is 6.53. The van der Waals surface area contributed by atoms with Gasteiger partial charge < -0.3 is 0 Å². The Bertz CT molecular complexity index is 291.